The van der Waals surface area contributed by atoms with Crippen LogP contribution in [0.25, 0.3) is 0 Å². The number of thiazole rings is 1. The Bertz CT molecular complexity index is 473. The third-order valence-corrected chi connectivity index (χ3v) is 5.51. The number of hydrogen-bond donors (Lipinski definition) is 1. The highest BCUT2D eigenvalue weighted by atomic mass is 32.1. The molecule has 98 valence electrons. The van der Waals surface area contributed by atoms with Gasteiger partial charge in [0.2, 0.25) is 0 Å². The smallest absolute Gasteiger partial charge is 0.312 e. The number of aryl methyl sites for hydroxylation is 1. The molecule has 0 radical (unpaired) electrons. The number of hydrogen-bond acceptors (Lipinski definition) is 4. The van der Waals surface area contributed by atoms with Crippen molar-refractivity contribution in [2.24, 2.45) is 0 Å². The van der Waals surface area contributed by atoms with E-state index in [0.717, 1.165) is 41.3 Å². The van der Waals surface area contributed by atoms with E-state index in [0.29, 0.717) is 6.42 Å². The lowest BCUT2D eigenvalue weighted by atomic mass is 9.80. The Morgan fingerprint density at radius 1 is 1.50 bits per heavy atom. The molecule has 1 unspecified atom stereocenters. The molecule has 2 aliphatic rings. The number of rotatable bonds is 3. The second-order valence-electron chi connectivity index (χ2n) is 5.16. The normalized spacial score (nSPS) is 25.3. The van der Waals surface area contributed by atoms with Gasteiger partial charge in [-0.2, -0.15) is 0 Å². The van der Waals surface area contributed by atoms with Crippen molar-refractivity contribution in [1.82, 2.24) is 4.98 Å². The Morgan fingerprint density at radius 2 is 2.28 bits per heavy atom. The molecular formula is C13H17NO3S. The summed E-state index contributed by atoms with van der Waals surface area (Å²) in [7, 11) is 1.73. The van der Waals surface area contributed by atoms with Crippen molar-refractivity contribution >= 4 is 17.3 Å². The van der Waals surface area contributed by atoms with Gasteiger partial charge >= 0.3 is 5.97 Å². The molecule has 18 heavy (non-hydrogen) atoms. The number of fused-ring (bicyclic) bond motifs is 1. The standard InChI is InChI=1S/C13H17NO3S/c1-17-13(6-3-7-13)12-14-10-8(11(15)16)4-2-5-9(10)18-12/h8H,2-7H2,1H3,(H,15,16). The summed E-state index contributed by atoms with van der Waals surface area (Å²) in [6.07, 6.45) is 5.81. The maximum absolute atomic E-state index is 11.3. The van der Waals surface area contributed by atoms with E-state index in [1.165, 1.54) is 6.42 Å². The zero-order valence-electron chi connectivity index (χ0n) is 10.4. The second-order valence-corrected chi connectivity index (χ2v) is 6.25. The molecule has 0 aliphatic heterocycles. The van der Waals surface area contributed by atoms with Crippen molar-refractivity contribution in [3.05, 3.63) is 15.6 Å². The molecule has 1 saturated carbocycles. The summed E-state index contributed by atoms with van der Waals surface area (Å²) in [5, 5.41) is 10.3. The molecule has 1 N–H and O–H groups in total. The largest absolute Gasteiger partial charge is 0.481 e. The molecule has 3 rings (SSSR count). The zero-order valence-corrected chi connectivity index (χ0v) is 11.3. The molecule has 1 atom stereocenters. The monoisotopic (exact) mass is 267 g/mol. The van der Waals surface area contributed by atoms with E-state index < -0.39 is 11.9 Å². The van der Waals surface area contributed by atoms with Gasteiger partial charge in [0.1, 0.15) is 10.6 Å². The lowest BCUT2D eigenvalue weighted by molar-refractivity contribution is -0.139. The van der Waals surface area contributed by atoms with Crippen molar-refractivity contribution < 1.29 is 14.6 Å². The molecule has 0 bridgehead atoms. The van der Waals surface area contributed by atoms with Crippen LogP contribution in [0, 0.1) is 0 Å². The van der Waals surface area contributed by atoms with Crippen LogP contribution in [0.5, 0.6) is 0 Å². The highest BCUT2D eigenvalue weighted by molar-refractivity contribution is 7.12. The number of ether oxygens (including phenoxy) is 1. The first-order valence-electron chi connectivity index (χ1n) is 6.44. The number of carboxylic acids is 1. The fourth-order valence-corrected chi connectivity index (χ4v) is 4.25. The van der Waals surface area contributed by atoms with Gasteiger partial charge in [-0.25, -0.2) is 4.98 Å². The Balaban J connectivity index is 1.98. The molecule has 2 aliphatic carbocycles. The van der Waals surface area contributed by atoms with E-state index in [1.807, 2.05) is 0 Å². The van der Waals surface area contributed by atoms with Crippen LogP contribution in [0.2, 0.25) is 0 Å². The molecule has 1 aromatic heterocycles. The van der Waals surface area contributed by atoms with Gasteiger partial charge in [0, 0.05) is 12.0 Å². The Labute approximate surface area is 110 Å². The number of nitrogens with zero attached hydrogens (tertiary/aromatic N) is 1. The van der Waals surface area contributed by atoms with E-state index in [1.54, 1.807) is 18.4 Å². The first-order chi connectivity index (χ1) is 8.66. The predicted molar refractivity (Wildman–Crippen MR) is 68.0 cm³/mol. The topological polar surface area (TPSA) is 59.4 Å². The fourth-order valence-electron chi connectivity index (χ4n) is 2.86. The predicted octanol–water partition coefficient (Wildman–Crippen LogP) is 2.67. The lowest BCUT2D eigenvalue weighted by Crippen LogP contribution is -2.36. The van der Waals surface area contributed by atoms with Gasteiger partial charge in [-0.05, 0) is 38.5 Å². The molecule has 1 heterocycles. The van der Waals surface area contributed by atoms with E-state index in [4.69, 9.17) is 4.74 Å². The Hall–Kier alpha value is -0.940. The first-order valence-corrected chi connectivity index (χ1v) is 7.26. The molecule has 4 nitrogen and oxygen atoms in total. The summed E-state index contributed by atoms with van der Waals surface area (Å²) < 4.78 is 5.63. The van der Waals surface area contributed by atoms with Crippen LogP contribution >= 0.6 is 11.3 Å². The summed E-state index contributed by atoms with van der Waals surface area (Å²) >= 11 is 1.66. The van der Waals surface area contributed by atoms with Crippen molar-refractivity contribution in [1.29, 1.82) is 0 Å². The average molecular weight is 267 g/mol. The molecule has 0 spiro atoms. The van der Waals surface area contributed by atoms with Crippen LogP contribution in [0.3, 0.4) is 0 Å². The van der Waals surface area contributed by atoms with Crippen molar-refractivity contribution in [2.75, 3.05) is 7.11 Å². The van der Waals surface area contributed by atoms with Crippen LogP contribution in [0.15, 0.2) is 0 Å². The van der Waals surface area contributed by atoms with E-state index >= 15 is 0 Å². The molecule has 5 heteroatoms. The minimum absolute atomic E-state index is 0.217. The summed E-state index contributed by atoms with van der Waals surface area (Å²) in [5.74, 6) is -1.15. The highest BCUT2D eigenvalue weighted by Crippen LogP contribution is 2.48. The number of carbonyl (C=O) groups is 1. The molecule has 1 aromatic rings. The van der Waals surface area contributed by atoms with Gasteiger partial charge in [0.15, 0.2) is 0 Å². The van der Waals surface area contributed by atoms with Crippen LogP contribution < -0.4 is 0 Å². The molecule has 0 amide bonds. The van der Waals surface area contributed by atoms with Crippen molar-refractivity contribution in [3.8, 4) is 0 Å². The summed E-state index contributed by atoms with van der Waals surface area (Å²) in [6.45, 7) is 0. The molecular weight excluding hydrogens is 250 g/mol. The van der Waals surface area contributed by atoms with Crippen LogP contribution in [0.4, 0.5) is 0 Å². The SMILES string of the molecule is COC1(c2nc3c(s2)CCCC3C(=O)O)CCC1. The van der Waals surface area contributed by atoms with Crippen LogP contribution in [-0.2, 0) is 21.6 Å². The second kappa shape index (κ2) is 4.31. The van der Waals surface area contributed by atoms with E-state index in [-0.39, 0.29) is 5.60 Å². The van der Waals surface area contributed by atoms with Gasteiger partial charge in [-0.3, -0.25) is 4.79 Å². The quantitative estimate of drug-likeness (QED) is 0.914. The third kappa shape index (κ3) is 1.68. The third-order valence-electron chi connectivity index (χ3n) is 4.19. The highest BCUT2D eigenvalue weighted by Gasteiger charge is 2.43. The maximum Gasteiger partial charge on any atom is 0.312 e. The van der Waals surface area contributed by atoms with Crippen molar-refractivity contribution in [2.45, 2.75) is 50.0 Å². The minimum Gasteiger partial charge on any atom is -0.481 e. The van der Waals surface area contributed by atoms with Crippen LogP contribution in [0.1, 0.15) is 53.6 Å². The summed E-state index contributed by atoms with van der Waals surface area (Å²) in [4.78, 5) is 17.1. The molecule has 1 fully saturated rings. The van der Waals surface area contributed by atoms with Gasteiger partial charge in [-0.1, -0.05) is 0 Å². The Morgan fingerprint density at radius 3 is 2.83 bits per heavy atom. The van der Waals surface area contributed by atoms with E-state index in [2.05, 4.69) is 4.98 Å². The van der Waals surface area contributed by atoms with Gasteiger partial charge in [0.25, 0.3) is 0 Å². The van der Waals surface area contributed by atoms with Gasteiger partial charge < -0.3 is 9.84 Å². The molecule has 0 aromatic carbocycles. The first kappa shape index (κ1) is 12.1. The average Bonchev–Trinajstić information content (AvgIpc) is 2.71. The van der Waals surface area contributed by atoms with Gasteiger partial charge in [0.05, 0.1) is 11.6 Å². The number of methoxy groups -OCH3 is 1. The zero-order chi connectivity index (χ0) is 12.8. The minimum atomic E-state index is -0.743. The number of aromatic nitrogens is 1. The molecule has 0 saturated heterocycles. The van der Waals surface area contributed by atoms with Crippen LogP contribution in [-0.4, -0.2) is 23.2 Å². The van der Waals surface area contributed by atoms with Crippen molar-refractivity contribution in [3.63, 3.8) is 0 Å². The van der Waals surface area contributed by atoms with E-state index in [9.17, 15) is 9.90 Å². The summed E-state index contributed by atoms with van der Waals surface area (Å²) in [6, 6.07) is 0. The summed E-state index contributed by atoms with van der Waals surface area (Å²) in [5.41, 5.74) is 0.586. The Kier molecular flexibility index (Phi) is 2.90. The number of aliphatic carboxylic acids is 1. The van der Waals surface area contributed by atoms with Gasteiger partial charge in [-0.15, -0.1) is 11.3 Å². The number of carboxylic acid groups (broad SMARTS) is 1. The fraction of sp³-hybridized carbons (Fsp3) is 0.692. The lowest BCUT2D eigenvalue weighted by Gasteiger charge is -2.38. The maximum atomic E-state index is 11.3.